The van der Waals surface area contributed by atoms with E-state index in [9.17, 15) is 27.6 Å². The van der Waals surface area contributed by atoms with E-state index in [4.69, 9.17) is 4.84 Å². The van der Waals surface area contributed by atoms with Gasteiger partial charge in [-0.3, -0.25) is 14.9 Å². The number of halogens is 3. The summed E-state index contributed by atoms with van der Waals surface area (Å²) >= 11 is 0. The average Bonchev–Trinajstić information content (AvgIpc) is 2.54. The van der Waals surface area contributed by atoms with Crippen molar-refractivity contribution in [1.82, 2.24) is 10.6 Å². The molecule has 1 rings (SSSR count). The van der Waals surface area contributed by atoms with Gasteiger partial charge in [-0.1, -0.05) is 11.2 Å². The van der Waals surface area contributed by atoms with Gasteiger partial charge in [-0.15, -0.1) is 0 Å². The molecule has 1 unspecified atom stereocenters. The third kappa shape index (κ3) is 7.20. The van der Waals surface area contributed by atoms with Crippen LogP contribution >= 0.6 is 0 Å². The third-order valence-electron chi connectivity index (χ3n) is 2.79. The molecule has 1 aromatic rings. The lowest BCUT2D eigenvalue weighted by molar-refractivity contribution is -0.137. The van der Waals surface area contributed by atoms with E-state index < -0.39 is 35.7 Å². The van der Waals surface area contributed by atoms with Gasteiger partial charge in [-0.2, -0.15) is 13.2 Å². The van der Waals surface area contributed by atoms with E-state index >= 15 is 0 Å². The molecular weight excluding hydrogens is 357 g/mol. The number of imide groups is 1. The zero-order valence-corrected chi connectivity index (χ0v) is 13.9. The molecule has 0 saturated heterocycles. The molecule has 0 aliphatic rings. The van der Waals surface area contributed by atoms with Crippen LogP contribution in [0.1, 0.15) is 19.4 Å². The third-order valence-corrected chi connectivity index (χ3v) is 2.79. The maximum atomic E-state index is 12.6. The number of nitrogens with zero attached hydrogens (tertiary/aromatic N) is 1. The minimum atomic E-state index is -4.54. The molecule has 11 heteroatoms. The number of nitrogens with one attached hydrogen (secondary N) is 3. The van der Waals surface area contributed by atoms with Crippen LogP contribution in [0.15, 0.2) is 29.4 Å². The number of carbonyl (C=O) groups excluding carboxylic acids is 3. The van der Waals surface area contributed by atoms with Crippen LogP contribution in [0.4, 0.5) is 23.7 Å². The predicted octanol–water partition coefficient (Wildman–Crippen LogP) is 1.88. The SMILES string of the molecule is CCNC(=O)NC(=O)C(C)ON=CC(=O)Nc1cccc(C(F)(F)F)c1. The minimum absolute atomic E-state index is 0.0849. The zero-order valence-electron chi connectivity index (χ0n) is 13.9. The highest BCUT2D eigenvalue weighted by molar-refractivity contribution is 6.31. The number of benzene rings is 1. The van der Waals surface area contributed by atoms with Crippen LogP contribution in [0.25, 0.3) is 0 Å². The molecule has 1 aromatic carbocycles. The van der Waals surface area contributed by atoms with Gasteiger partial charge in [0.1, 0.15) is 6.21 Å². The van der Waals surface area contributed by atoms with Crippen molar-refractivity contribution < 1.29 is 32.4 Å². The Morgan fingerprint density at radius 3 is 2.62 bits per heavy atom. The number of alkyl halides is 3. The normalized spacial score (nSPS) is 12.3. The van der Waals surface area contributed by atoms with E-state index in [2.05, 4.69) is 15.8 Å². The standard InChI is InChI=1S/C15H17F3N4O4/c1-3-19-14(25)22-13(24)9(2)26-20-8-12(23)21-11-6-4-5-10(7-11)15(16,17)18/h4-9H,3H2,1-2H3,(H,21,23)(H2,19,22,24,25). The predicted molar refractivity (Wildman–Crippen MR) is 86.3 cm³/mol. The van der Waals surface area contributed by atoms with E-state index in [1.54, 1.807) is 6.92 Å². The van der Waals surface area contributed by atoms with E-state index in [1.165, 1.54) is 13.0 Å². The number of anilines is 1. The quantitative estimate of drug-likeness (QED) is 0.522. The Kier molecular flexibility index (Phi) is 7.56. The Hall–Kier alpha value is -3.11. The van der Waals surface area contributed by atoms with E-state index in [0.717, 1.165) is 18.2 Å². The molecule has 0 spiro atoms. The Labute approximate surface area is 146 Å². The molecule has 0 saturated carbocycles. The highest BCUT2D eigenvalue weighted by Crippen LogP contribution is 2.30. The summed E-state index contributed by atoms with van der Waals surface area (Å²) in [5, 5.41) is 9.76. The van der Waals surface area contributed by atoms with Crippen LogP contribution in [-0.4, -0.2) is 36.7 Å². The number of carbonyl (C=O) groups is 3. The first-order chi connectivity index (χ1) is 12.1. The highest BCUT2D eigenvalue weighted by atomic mass is 19.4. The van der Waals surface area contributed by atoms with E-state index in [-0.39, 0.29) is 5.69 Å². The van der Waals surface area contributed by atoms with Crippen LogP contribution in [-0.2, 0) is 20.6 Å². The molecule has 0 aromatic heterocycles. The van der Waals surface area contributed by atoms with Gasteiger partial charge >= 0.3 is 12.2 Å². The fourth-order valence-corrected chi connectivity index (χ4v) is 1.58. The van der Waals surface area contributed by atoms with Gasteiger partial charge in [-0.05, 0) is 32.0 Å². The van der Waals surface area contributed by atoms with E-state index in [1.807, 2.05) is 5.32 Å². The van der Waals surface area contributed by atoms with Gasteiger partial charge in [0.05, 0.1) is 5.56 Å². The number of oxime groups is 1. The highest BCUT2D eigenvalue weighted by Gasteiger charge is 2.30. The zero-order chi connectivity index (χ0) is 19.7. The second-order valence-corrected chi connectivity index (χ2v) is 4.90. The first kappa shape index (κ1) is 20.9. The van der Waals surface area contributed by atoms with Crippen LogP contribution in [0.2, 0.25) is 0 Å². The summed E-state index contributed by atoms with van der Waals surface area (Å²) in [5.74, 6) is -1.65. The average molecular weight is 374 g/mol. The first-order valence-corrected chi connectivity index (χ1v) is 7.39. The second kappa shape index (κ2) is 9.39. The maximum absolute atomic E-state index is 12.6. The molecule has 26 heavy (non-hydrogen) atoms. The molecule has 0 radical (unpaired) electrons. The van der Waals surface area contributed by atoms with Crippen LogP contribution in [0.5, 0.6) is 0 Å². The summed E-state index contributed by atoms with van der Waals surface area (Å²) < 4.78 is 37.8. The molecular formula is C15H17F3N4O4. The molecule has 142 valence electrons. The molecule has 8 nitrogen and oxygen atoms in total. The fourth-order valence-electron chi connectivity index (χ4n) is 1.58. The first-order valence-electron chi connectivity index (χ1n) is 7.39. The lowest BCUT2D eigenvalue weighted by Crippen LogP contribution is -2.43. The molecule has 0 fully saturated rings. The van der Waals surface area contributed by atoms with E-state index in [0.29, 0.717) is 12.8 Å². The van der Waals surface area contributed by atoms with Crippen molar-refractivity contribution in [3.8, 4) is 0 Å². The Morgan fingerprint density at radius 2 is 2.00 bits per heavy atom. The summed E-state index contributed by atoms with van der Waals surface area (Å²) in [6.07, 6.45) is -5.06. The number of amides is 4. The Morgan fingerprint density at radius 1 is 1.31 bits per heavy atom. The molecule has 3 N–H and O–H groups in total. The lowest BCUT2D eigenvalue weighted by Gasteiger charge is -2.10. The molecule has 0 heterocycles. The largest absolute Gasteiger partial charge is 0.416 e. The van der Waals surface area contributed by atoms with Crippen molar-refractivity contribution in [2.24, 2.45) is 5.16 Å². The van der Waals surface area contributed by atoms with Crippen molar-refractivity contribution in [1.29, 1.82) is 0 Å². The summed E-state index contributed by atoms with van der Waals surface area (Å²) in [7, 11) is 0. The summed E-state index contributed by atoms with van der Waals surface area (Å²) in [6, 6.07) is 3.32. The number of rotatable bonds is 6. The van der Waals surface area contributed by atoms with Crippen molar-refractivity contribution in [2.45, 2.75) is 26.1 Å². The minimum Gasteiger partial charge on any atom is -0.383 e. The van der Waals surface area contributed by atoms with Crippen molar-refractivity contribution in [3.63, 3.8) is 0 Å². The molecule has 4 amide bonds. The monoisotopic (exact) mass is 374 g/mol. The van der Waals surface area contributed by atoms with Gasteiger partial charge in [0.15, 0.2) is 0 Å². The van der Waals surface area contributed by atoms with Gasteiger partial charge in [0.25, 0.3) is 11.8 Å². The van der Waals surface area contributed by atoms with Gasteiger partial charge < -0.3 is 15.5 Å². The lowest BCUT2D eigenvalue weighted by atomic mass is 10.2. The van der Waals surface area contributed by atoms with Crippen LogP contribution < -0.4 is 16.0 Å². The fraction of sp³-hybridized carbons (Fsp3) is 0.333. The molecule has 1 atom stereocenters. The number of hydrogen-bond acceptors (Lipinski definition) is 5. The van der Waals surface area contributed by atoms with Crippen molar-refractivity contribution >= 4 is 29.7 Å². The van der Waals surface area contributed by atoms with Gasteiger partial charge in [0.2, 0.25) is 6.10 Å². The van der Waals surface area contributed by atoms with Crippen LogP contribution in [0, 0.1) is 0 Å². The maximum Gasteiger partial charge on any atom is 0.416 e. The van der Waals surface area contributed by atoms with Crippen LogP contribution in [0.3, 0.4) is 0 Å². The summed E-state index contributed by atoms with van der Waals surface area (Å²) in [4.78, 5) is 39.0. The van der Waals surface area contributed by atoms with Gasteiger partial charge in [0, 0.05) is 12.2 Å². The van der Waals surface area contributed by atoms with Crippen molar-refractivity contribution in [2.75, 3.05) is 11.9 Å². The molecule has 0 aliphatic heterocycles. The van der Waals surface area contributed by atoms with Crippen molar-refractivity contribution in [3.05, 3.63) is 29.8 Å². The summed E-state index contributed by atoms with van der Waals surface area (Å²) in [5.41, 5.74) is -1.00. The molecule has 0 aliphatic carbocycles. The Bertz CT molecular complexity index is 692. The Balaban J connectivity index is 2.53. The number of hydrogen-bond donors (Lipinski definition) is 3. The smallest absolute Gasteiger partial charge is 0.383 e. The second-order valence-electron chi connectivity index (χ2n) is 4.90. The molecule has 0 bridgehead atoms. The summed E-state index contributed by atoms with van der Waals surface area (Å²) in [6.45, 7) is 3.27. The topological polar surface area (TPSA) is 109 Å². The number of urea groups is 1. The van der Waals surface area contributed by atoms with Gasteiger partial charge in [-0.25, -0.2) is 4.79 Å².